The number of benzene rings is 1. The van der Waals surface area contributed by atoms with E-state index >= 15 is 0 Å². The molecule has 6 nitrogen and oxygen atoms in total. The van der Waals surface area contributed by atoms with Gasteiger partial charge in [0.25, 0.3) is 0 Å². The van der Waals surface area contributed by atoms with E-state index in [9.17, 15) is 10.1 Å². The maximum absolute atomic E-state index is 11.6. The molecule has 1 heterocycles. The van der Waals surface area contributed by atoms with Gasteiger partial charge < -0.3 is 15.2 Å². The SMILES string of the molecule is CCOC(=O)Oc1c(C)c(C#N)c(N)n1-c1cccc(Cl)c1. The molecule has 0 saturated carbocycles. The fraction of sp³-hybridized carbons (Fsp3) is 0.200. The first-order valence-corrected chi connectivity index (χ1v) is 6.88. The van der Waals surface area contributed by atoms with Crippen LogP contribution in [0, 0.1) is 18.3 Å². The molecular weight excluding hydrogens is 306 g/mol. The van der Waals surface area contributed by atoms with Crippen LogP contribution in [0.4, 0.5) is 10.6 Å². The molecule has 0 aliphatic carbocycles. The van der Waals surface area contributed by atoms with Crippen molar-refractivity contribution in [1.82, 2.24) is 4.57 Å². The smallest absolute Gasteiger partial charge is 0.434 e. The lowest BCUT2D eigenvalue weighted by Crippen LogP contribution is -2.13. The first-order valence-electron chi connectivity index (χ1n) is 6.51. The number of nitrogen functional groups attached to an aromatic ring is 1. The zero-order valence-corrected chi connectivity index (χ0v) is 12.8. The average molecular weight is 320 g/mol. The maximum atomic E-state index is 11.6. The van der Waals surface area contributed by atoms with E-state index in [4.69, 9.17) is 26.8 Å². The third kappa shape index (κ3) is 2.85. The molecule has 1 aromatic carbocycles. The average Bonchev–Trinajstić information content (AvgIpc) is 2.70. The van der Waals surface area contributed by atoms with Crippen LogP contribution in [0.1, 0.15) is 18.1 Å². The Labute approximate surface area is 132 Å². The van der Waals surface area contributed by atoms with Gasteiger partial charge in [-0.05, 0) is 32.0 Å². The van der Waals surface area contributed by atoms with Gasteiger partial charge in [0.2, 0.25) is 5.88 Å². The molecule has 114 valence electrons. The van der Waals surface area contributed by atoms with Crippen molar-refractivity contribution in [3.63, 3.8) is 0 Å². The van der Waals surface area contributed by atoms with Gasteiger partial charge in [-0.25, -0.2) is 4.79 Å². The molecule has 0 aliphatic rings. The zero-order chi connectivity index (χ0) is 16.3. The number of rotatable bonds is 3. The number of nitrogens with two attached hydrogens (primary N) is 1. The van der Waals surface area contributed by atoms with E-state index in [1.54, 1.807) is 38.1 Å². The molecule has 0 saturated heterocycles. The van der Waals surface area contributed by atoms with Crippen molar-refractivity contribution in [2.75, 3.05) is 12.3 Å². The van der Waals surface area contributed by atoms with Gasteiger partial charge in [-0.15, -0.1) is 0 Å². The van der Waals surface area contributed by atoms with Gasteiger partial charge in [-0.2, -0.15) is 5.26 Å². The predicted molar refractivity (Wildman–Crippen MR) is 82.3 cm³/mol. The second-order valence-electron chi connectivity index (χ2n) is 4.40. The number of aromatic nitrogens is 1. The lowest BCUT2D eigenvalue weighted by atomic mass is 10.2. The summed E-state index contributed by atoms with van der Waals surface area (Å²) in [6, 6.07) is 8.82. The summed E-state index contributed by atoms with van der Waals surface area (Å²) in [6.07, 6.45) is -0.865. The van der Waals surface area contributed by atoms with E-state index in [1.807, 2.05) is 6.07 Å². The highest BCUT2D eigenvalue weighted by Gasteiger charge is 2.23. The highest BCUT2D eigenvalue weighted by atomic mass is 35.5. The summed E-state index contributed by atoms with van der Waals surface area (Å²) in [5.41, 5.74) is 7.28. The standard InChI is InChI=1S/C15H14ClN3O3/c1-3-21-15(20)22-14-9(2)12(8-17)13(18)19(14)11-6-4-5-10(16)7-11/h4-7H,3,18H2,1-2H3. The van der Waals surface area contributed by atoms with Gasteiger partial charge in [0, 0.05) is 10.6 Å². The third-order valence-corrected chi connectivity index (χ3v) is 3.25. The number of ether oxygens (including phenoxy) is 2. The Morgan fingerprint density at radius 1 is 1.50 bits per heavy atom. The second kappa shape index (κ2) is 6.41. The Hall–Kier alpha value is -2.65. The molecule has 1 aromatic heterocycles. The number of halogens is 1. The second-order valence-corrected chi connectivity index (χ2v) is 4.84. The summed E-state index contributed by atoms with van der Waals surface area (Å²) >= 11 is 5.98. The van der Waals surface area contributed by atoms with E-state index in [0.717, 1.165) is 0 Å². The minimum atomic E-state index is -0.865. The molecule has 0 bridgehead atoms. The number of carbonyl (C=O) groups is 1. The fourth-order valence-electron chi connectivity index (χ4n) is 2.05. The summed E-state index contributed by atoms with van der Waals surface area (Å²) < 4.78 is 11.4. The number of carbonyl (C=O) groups excluding carboxylic acids is 1. The van der Waals surface area contributed by atoms with Crippen molar-refractivity contribution in [2.45, 2.75) is 13.8 Å². The molecule has 0 amide bonds. The van der Waals surface area contributed by atoms with Gasteiger partial charge in [0.05, 0.1) is 12.3 Å². The highest BCUT2D eigenvalue weighted by molar-refractivity contribution is 6.30. The molecule has 0 aliphatic heterocycles. The summed E-state index contributed by atoms with van der Waals surface area (Å²) in [7, 11) is 0. The van der Waals surface area contributed by atoms with Crippen LogP contribution in [-0.4, -0.2) is 17.3 Å². The minimum Gasteiger partial charge on any atom is -0.434 e. The largest absolute Gasteiger partial charge is 0.515 e. The lowest BCUT2D eigenvalue weighted by molar-refractivity contribution is 0.102. The number of nitrogens with zero attached hydrogens (tertiary/aromatic N) is 2. The maximum Gasteiger partial charge on any atom is 0.515 e. The van der Waals surface area contributed by atoms with Crippen molar-refractivity contribution in [1.29, 1.82) is 5.26 Å². The molecule has 2 aromatic rings. The molecule has 0 unspecified atom stereocenters. The van der Waals surface area contributed by atoms with Crippen LogP contribution in [0.3, 0.4) is 0 Å². The van der Waals surface area contributed by atoms with Crippen LogP contribution >= 0.6 is 11.6 Å². The molecule has 0 fully saturated rings. The Kier molecular flexibility index (Phi) is 4.59. The minimum absolute atomic E-state index is 0.134. The normalized spacial score (nSPS) is 10.1. The van der Waals surface area contributed by atoms with Crippen LogP contribution in [0.2, 0.25) is 5.02 Å². The van der Waals surface area contributed by atoms with Crippen LogP contribution in [0.25, 0.3) is 5.69 Å². The Balaban J connectivity index is 2.61. The molecule has 7 heteroatoms. The Morgan fingerprint density at radius 2 is 2.23 bits per heavy atom. The van der Waals surface area contributed by atoms with Gasteiger partial charge in [-0.3, -0.25) is 4.57 Å². The van der Waals surface area contributed by atoms with E-state index in [1.165, 1.54) is 4.57 Å². The van der Waals surface area contributed by atoms with Crippen LogP contribution < -0.4 is 10.5 Å². The topological polar surface area (TPSA) is 90.3 Å². The molecule has 2 N–H and O–H groups in total. The predicted octanol–water partition coefficient (Wildman–Crippen LogP) is 3.43. The van der Waals surface area contributed by atoms with E-state index < -0.39 is 6.16 Å². The van der Waals surface area contributed by atoms with Crippen molar-refractivity contribution in [2.24, 2.45) is 0 Å². The fourth-order valence-corrected chi connectivity index (χ4v) is 2.23. The highest BCUT2D eigenvalue weighted by Crippen LogP contribution is 2.34. The number of anilines is 1. The number of nitriles is 1. The van der Waals surface area contributed by atoms with Crippen molar-refractivity contribution in [3.8, 4) is 17.6 Å². The van der Waals surface area contributed by atoms with E-state index in [-0.39, 0.29) is 23.9 Å². The van der Waals surface area contributed by atoms with Gasteiger partial charge in [0.15, 0.2) is 0 Å². The first-order chi connectivity index (χ1) is 10.5. The quantitative estimate of drug-likeness (QED) is 0.875. The molecule has 22 heavy (non-hydrogen) atoms. The van der Waals surface area contributed by atoms with Gasteiger partial charge >= 0.3 is 6.16 Å². The Bertz CT molecular complexity index is 762. The van der Waals surface area contributed by atoms with E-state index in [0.29, 0.717) is 16.3 Å². The van der Waals surface area contributed by atoms with Crippen LogP contribution in [0.15, 0.2) is 24.3 Å². The van der Waals surface area contributed by atoms with Crippen molar-refractivity contribution in [3.05, 3.63) is 40.4 Å². The zero-order valence-electron chi connectivity index (χ0n) is 12.1. The van der Waals surface area contributed by atoms with Crippen molar-refractivity contribution >= 4 is 23.6 Å². The van der Waals surface area contributed by atoms with Crippen LogP contribution in [-0.2, 0) is 4.74 Å². The monoisotopic (exact) mass is 319 g/mol. The molecule has 0 spiro atoms. The van der Waals surface area contributed by atoms with E-state index in [2.05, 4.69) is 0 Å². The lowest BCUT2D eigenvalue weighted by Gasteiger charge is -2.12. The summed E-state index contributed by atoms with van der Waals surface area (Å²) in [5, 5.41) is 9.72. The number of hydrogen-bond acceptors (Lipinski definition) is 5. The summed E-state index contributed by atoms with van der Waals surface area (Å²) in [6.45, 7) is 3.49. The molecule has 0 radical (unpaired) electrons. The molecule has 2 rings (SSSR count). The first kappa shape index (κ1) is 15.7. The van der Waals surface area contributed by atoms with Crippen LogP contribution in [0.5, 0.6) is 5.88 Å². The molecule has 0 atom stereocenters. The van der Waals surface area contributed by atoms with Gasteiger partial charge in [0.1, 0.15) is 17.5 Å². The summed E-state index contributed by atoms with van der Waals surface area (Å²) in [5.74, 6) is 0.302. The number of hydrogen-bond donors (Lipinski definition) is 1. The Morgan fingerprint density at radius 3 is 2.82 bits per heavy atom. The van der Waals surface area contributed by atoms with Gasteiger partial charge in [-0.1, -0.05) is 17.7 Å². The van der Waals surface area contributed by atoms with Crippen molar-refractivity contribution < 1.29 is 14.3 Å². The third-order valence-electron chi connectivity index (χ3n) is 3.02. The molecular formula is C15H14ClN3O3. The summed E-state index contributed by atoms with van der Waals surface area (Å²) in [4.78, 5) is 11.6.